The van der Waals surface area contributed by atoms with E-state index in [0.29, 0.717) is 18.1 Å². The Morgan fingerprint density at radius 2 is 1.89 bits per heavy atom. The molecule has 4 atom stereocenters. The zero-order chi connectivity index (χ0) is 14.3. The van der Waals surface area contributed by atoms with E-state index >= 15 is 0 Å². The van der Waals surface area contributed by atoms with Crippen molar-refractivity contribution in [3.05, 3.63) is 0 Å². The number of hydrogen-bond acceptors (Lipinski definition) is 2. The van der Waals surface area contributed by atoms with E-state index < -0.39 is 0 Å². The normalized spacial score (nSPS) is 29.7. The first kappa shape index (κ1) is 17.0. The Bertz CT molecular complexity index is 229. The minimum atomic E-state index is 0.402. The van der Waals surface area contributed by atoms with Gasteiger partial charge in [0.2, 0.25) is 0 Å². The Balaban J connectivity index is 2.67. The van der Waals surface area contributed by atoms with E-state index in [1.807, 2.05) is 0 Å². The van der Waals surface area contributed by atoms with Gasteiger partial charge in [-0.3, -0.25) is 4.90 Å². The van der Waals surface area contributed by atoms with Gasteiger partial charge in [0.1, 0.15) is 0 Å². The summed E-state index contributed by atoms with van der Waals surface area (Å²) in [5.74, 6) is 0.919. The van der Waals surface area contributed by atoms with Crippen LogP contribution in [0.1, 0.15) is 79.1 Å². The van der Waals surface area contributed by atoms with Crippen LogP contribution in [0.25, 0.3) is 0 Å². The van der Waals surface area contributed by atoms with Crippen molar-refractivity contribution in [1.29, 1.82) is 0 Å². The molecule has 2 N–H and O–H groups in total. The van der Waals surface area contributed by atoms with Crippen molar-refractivity contribution >= 4 is 0 Å². The average Bonchev–Trinajstić information content (AvgIpc) is 2.42. The van der Waals surface area contributed by atoms with Crippen LogP contribution in [0.5, 0.6) is 0 Å². The maximum absolute atomic E-state index is 6.46. The quantitative estimate of drug-likeness (QED) is 0.715. The number of rotatable bonds is 8. The van der Waals surface area contributed by atoms with Crippen molar-refractivity contribution in [3.63, 3.8) is 0 Å². The molecule has 2 heteroatoms. The van der Waals surface area contributed by atoms with Crippen molar-refractivity contribution < 1.29 is 0 Å². The Labute approximate surface area is 121 Å². The van der Waals surface area contributed by atoms with Gasteiger partial charge in [-0.15, -0.1) is 0 Å². The van der Waals surface area contributed by atoms with Crippen LogP contribution >= 0.6 is 0 Å². The van der Waals surface area contributed by atoms with Crippen LogP contribution < -0.4 is 5.73 Å². The van der Waals surface area contributed by atoms with E-state index in [9.17, 15) is 0 Å². The molecule has 1 fully saturated rings. The summed E-state index contributed by atoms with van der Waals surface area (Å²) in [7, 11) is 0. The fraction of sp³-hybridized carbons (Fsp3) is 1.00. The summed E-state index contributed by atoms with van der Waals surface area (Å²) in [5.41, 5.74) is 6.46. The molecule has 0 amide bonds. The molecule has 0 heterocycles. The van der Waals surface area contributed by atoms with Gasteiger partial charge in [-0.25, -0.2) is 0 Å². The van der Waals surface area contributed by atoms with Gasteiger partial charge in [0.15, 0.2) is 0 Å². The Kier molecular flexibility index (Phi) is 8.01. The molecule has 1 aliphatic rings. The number of hydrogen-bond donors (Lipinski definition) is 1. The van der Waals surface area contributed by atoms with E-state index in [-0.39, 0.29) is 0 Å². The largest absolute Gasteiger partial charge is 0.326 e. The molecule has 0 radical (unpaired) electrons. The summed E-state index contributed by atoms with van der Waals surface area (Å²) in [6.07, 6.45) is 10.5. The second-order valence-corrected chi connectivity index (χ2v) is 6.55. The third kappa shape index (κ3) is 5.07. The van der Waals surface area contributed by atoms with E-state index in [1.54, 1.807) is 0 Å². The predicted octanol–water partition coefficient (Wildman–Crippen LogP) is 4.18. The average molecular weight is 268 g/mol. The second kappa shape index (κ2) is 8.97. The summed E-state index contributed by atoms with van der Waals surface area (Å²) < 4.78 is 0. The second-order valence-electron chi connectivity index (χ2n) is 6.55. The first-order valence-corrected chi connectivity index (χ1v) is 8.65. The highest BCUT2D eigenvalue weighted by Gasteiger charge is 2.33. The van der Waals surface area contributed by atoms with Crippen molar-refractivity contribution in [2.24, 2.45) is 11.7 Å². The fourth-order valence-electron chi connectivity index (χ4n) is 3.59. The highest BCUT2D eigenvalue weighted by Crippen LogP contribution is 2.31. The summed E-state index contributed by atoms with van der Waals surface area (Å²) >= 11 is 0. The molecule has 0 aromatic heterocycles. The van der Waals surface area contributed by atoms with Crippen LogP contribution in [0.4, 0.5) is 0 Å². The van der Waals surface area contributed by atoms with E-state index in [4.69, 9.17) is 5.73 Å². The summed E-state index contributed by atoms with van der Waals surface area (Å²) in [5, 5.41) is 0. The molecule has 0 saturated heterocycles. The van der Waals surface area contributed by atoms with E-state index in [0.717, 1.165) is 5.92 Å². The van der Waals surface area contributed by atoms with Gasteiger partial charge in [0, 0.05) is 18.1 Å². The zero-order valence-corrected chi connectivity index (χ0v) is 13.7. The lowest BCUT2D eigenvalue weighted by atomic mass is 9.79. The van der Waals surface area contributed by atoms with Gasteiger partial charge in [0.25, 0.3) is 0 Å². The van der Waals surface area contributed by atoms with Gasteiger partial charge in [-0.1, -0.05) is 40.0 Å². The number of unbranched alkanes of at least 4 members (excludes halogenated alkanes) is 1. The first-order valence-electron chi connectivity index (χ1n) is 8.65. The molecule has 4 unspecified atom stereocenters. The molecule has 1 saturated carbocycles. The van der Waals surface area contributed by atoms with E-state index in [2.05, 4.69) is 32.6 Å². The molecule has 1 aliphatic carbocycles. The van der Waals surface area contributed by atoms with Crippen molar-refractivity contribution in [1.82, 2.24) is 4.90 Å². The van der Waals surface area contributed by atoms with Gasteiger partial charge >= 0.3 is 0 Å². The highest BCUT2D eigenvalue weighted by atomic mass is 15.2. The first-order chi connectivity index (χ1) is 9.13. The monoisotopic (exact) mass is 268 g/mol. The smallest absolute Gasteiger partial charge is 0.0252 e. The van der Waals surface area contributed by atoms with Crippen molar-refractivity contribution in [2.75, 3.05) is 6.54 Å². The topological polar surface area (TPSA) is 29.3 Å². The molecule has 0 aromatic rings. The molecule has 2 nitrogen and oxygen atoms in total. The summed E-state index contributed by atoms with van der Waals surface area (Å²) in [4.78, 5) is 2.73. The molecule has 1 rings (SSSR count). The summed E-state index contributed by atoms with van der Waals surface area (Å²) in [6, 6.07) is 1.72. The minimum absolute atomic E-state index is 0.402. The highest BCUT2D eigenvalue weighted by molar-refractivity contribution is 4.91. The van der Waals surface area contributed by atoms with Gasteiger partial charge in [-0.05, 0) is 51.5 Å². The Morgan fingerprint density at radius 1 is 1.16 bits per heavy atom. The van der Waals surface area contributed by atoms with Crippen LogP contribution in [0.2, 0.25) is 0 Å². The maximum atomic E-state index is 6.46. The summed E-state index contributed by atoms with van der Waals surface area (Å²) in [6.45, 7) is 10.5. The van der Waals surface area contributed by atoms with Crippen LogP contribution in [0, 0.1) is 5.92 Å². The minimum Gasteiger partial charge on any atom is -0.326 e. The zero-order valence-electron chi connectivity index (χ0n) is 13.7. The molecule has 0 aliphatic heterocycles. The molecule has 0 spiro atoms. The van der Waals surface area contributed by atoms with Crippen LogP contribution in [-0.2, 0) is 0 Å². The predicted molar refractivity (Wildman–Crippen MR) is 85.4 cm³/mol. The van der Waals surface area contributed by atoms with Gasteiger partial charge in [-0.2, -0.15) is 0 Å². The lowest BCUT2D eigenvalue weighted by Gasteiger charge is -2.44. The third-order valence-electron chi connectivity index (χ3n) is 5.03. The Hall–Kier alpha value is -0.0800. The van der Waals surface area contributed by atoms with Crippen LogP contribution in [0.15, 0.2) is 0 Å². The lowest BCUT2D eigenvalue weighted by molar-refractivity contribution is 0.0720. The van der Waals surface area contributed by atoms with Crippen LogP contribution in [0.3, 0.4) is 0 Å². The molecule has 0 bridgehead atoms. The maximum Gasteiger partial charge on any atom is 0.0252 e. The molecular formula is C17H36N2. The number of nitrogens with two attached hydrogens (primary N) is 1. The third-order valence-corrected chi connectivity index (χ3v) is 5.03. The molecular weight excluding hydrogens is 232 g/mol. The SMILES string of the molecule is CCCCN(C(C)CC)C1CC(CCC)CCC1N. The lowest BCUT2D eigenvalue weighted by Crippen LogP contribution is -2.54. The fourth-order valence-corrected chi connectivity index (χ4v) is 3.59. The number of nitrogens with zero attached hydrogens (tertiary/aromatic N) is 1. The van der Waals surface area contributed by atoms with Crippen molar-refractivity contribution in [2.45, 2.75) is 97.2 Å². The molecule has 19 heavy (non-hydrogen) atoms. The van der Waals surface area contributed by atoms with Gasteiger partial charge < -0.3 is 5.73 Å². The molecule has 114 valence electrons. The van der Waals surface area contributed by atoms with E-state index in [1.165, 1.54) is 57.9 Å². The van der Waals surface area contributed by atoms with Crippen molar-refractivity contribution in [3.8, 4) is 0 Å². The van der Waals surface area contributed by atoms with Crippen LogP contribution in [-0.4, -0.2) is 29.6 Å². The van der Waals surface area contributed by atoms with Gasteiger partial charge in [0.05, 0.1) is 0 Å². The standard InChI is InChI=1S/C17H36N2/c1-5-8-12-19(14(4)7-3)17-13-15(9-6-2)10-11-16(17)18/h14-17H,5-13,18H2,1-4H3. The Morgan fingerprint density at radius 3 is 2.47 bits per heavy atom. The molecule has 0 aromatic carbocycles.